The summed E-state index contributed by atoms with van der Waals surface area (Å²) in [5, 5.41) is 4.37. The number of furan rings is 1. The van der Waals surface area contributed by atoms with E-state index in [1.165, 1.54) is 18.2 Å². The van der Waals surface area contributed by atoms with Crippen LogP contribution in [-0.2, 0) is 20.2 Å². The molecule has 7 nitrogen and oxygen atoms in total. The van der Waals surface area contributed by atoms with E-state index in [1.54, 1.807) is 21.7 Å². The number of aryl methyl sites for hydroxylation is 1. The van der Waals surface area contributed by atoms with Gasteiger partial charge in [-0.15, -0.1) is 0 Å². The monoisotopic (exact) mass is 432 g/mol. The van der Waals surface area contributed by atoms with Crippen molar-refractivity contribution >= 4 is 17.5 Å². The number of ether oxygens (including phenoxy) is 1. The van der Waals surface area contributed by atoms with Gasteiger partial charge in [-0.05, 0) is 30.3 Å². The Kier molecular flexibility index (Phi) is 6.06. The maximum atomic E-state index is 13.1. The van der Waals surface area contributed by atoms with E-state index < -0.39 is 5.82 Å². The molecule has 30 heavy (non-hydrogen) atoms. The minimum atomic E-state index is -0.432. The molecule has 0 aliphatic carbocycles. The lowest BCUT2D eigenvalue weighted by Gasteiger charge is -2.34. The predicted octanol–water partition coefficient (Wildman–Crippen LogP) is 3.34. The van der Waals surface area contributed by atoms with Crippen molar-refractivity contribution in [2.45, 2.75) is 13.2 Å². The molecule has 1 aromatic carbocycles. The fourth-order valence-electron chi connectivity index (χ4n) is 3.39. The van der Waals surface area contributed by atoms with Gasteiger partial charge in [-0.2, -0.15) is 5.10 Å². The van der Waals surface area contributed by atoms with Gasteiger partial charge in [0.05, 0.1) is 11.2 Å². The van der Waals surface area contributed by atoms with Crippen LogP contribution in [0.5, 0.6) is 5.75 Å². The average Bonchev–Trinajstić information content (AvgIpc) is 3.36. The largest absolute Gasteiger partial charge is 0.484 e. The van der Waals surface area contributed by atoms with Crippen LogP contribution in [0.25, 0.3) is 0 Å². The van der Waals surface area contributed by atoms with Crippen molar-refractivity contribution in [3.63, 3.8) is 0 Å². The highest BCUT2D eigenvalue weighted by Crippen LogP contribution is 2.26. The molecule has 0 bridgehead atoms. The van der Waals surface area contributed by atoms with E-state index in [-0.39, 0.29) is 23.3 Å². The fourth-order valence-corrected chi connectivity index (χ4v) is 3.61. The summed E-state index contributed by atoms with van der Waals surface area (Å²) in [7, 11) is 1.90. The van der Waals surface area contributed by atoms with E-state index in [4.69, 9.17) is 20.8 Å². The Labute approximate surface area is 178 Å². The van der Waals surface area contributed by atoms with Crippen LogP contribution in [0.1, 0.15) is 21.9 Å². The number of nitrogens with zero attached hydrogens (tertiary/aromatic N) is 4. The van der Waals surface area contributed by atoms with Gasteiger partial charge in [-0.3, -0.25) is 14.4 Å². The number of amides is 1. The van der Waals surface area contributed by atoms with E-state index in [9.17, 15) is 9.18 Å². The Morgan fingerprint density at radius 3 is 2.73 bits per heavy atom. The molecule has 0 saturated carbocycles. The fraction of sp³-hybridized carbons (Fsp3) is 0.333. The molecule has 0 N–H and O–H groups in total. The van der Waals surface area contributed by atoms with Gasteiger partial charge in [0, 0.05) is 51.5 Å². The number of benzene rings is 1. The first kappa shape index (κ1) is 20.4. The smallest absolute Gasteiger partial charge is 0.289 e. The molecule has 3 aromatic rings. The third-order valence-corrected chi connectivity index (χ3v) is 5.26. The molecule has 0 spiro atoms. The van der Waals surface area contributed by atoms with Crippen molar-refractivity contribution in [1.29, 1.82) is 0 Å². The molecular weight excluding hydrogens is 411 g/mol. The highest BCUT2D eigenvalue weighted by molar-refractivity contribution is 6.32. The number of rotatable bonds is 6. The van der Waals surface area contributed by atoms with E-state index in [2.05, 4.69) is 10.00 Å². The van der Waals surface area contributed by atoms with Crippen LogP contribution >= 0.6 is 11.6 Å². The Balaban J connectivity index is 1.28. The number of hydrogen-bond donors (Lipinski definition) is 0. The topological polar surface area (TPSA) is 63.7 Å². The Morgan fingerprint density at radius 2 is 2.03 bits per heavy atom. The summed E-state index contributed by atoms with van der Waals surface area (Å²) in [5.74, 6) is 0.557. The van der Waals surface area contributed by atoms with Crippen LogP contribution in [0.4, 0.5) is 4.39 Å². The Bertz CT molecular complexity index is 1030. The second-order valence-corrected chi connectivity index (χ2v) is 7.63. The molecule has 1 aliphatic heterocycles. The number of hydrogen-bond acceptors (Lipinski definition) is 5. The molecule has 4 rings (SSSR count). The van der Waals surface area contributed by atoms with Crippen LogP contribution < -0.4 is 4.74 Å². The summed E-state index contributed by atoms with van der Waals surface area (Å²) in [6, 6.07) is 7.25. The molecule has 1 fully saturated rings. The molecule has 1 amide bonds. The number of carbonyl (C=O) groups excluding carboxylic acids is 1. The first-order chi connectivity index (χ1) is 14.5. The van der Waals surface area contributed by atoms with Gasteiger partial charge >= 0.3 is 0 Å². The maximum absolute atomic E-state index is 13.1. The minimum absolute atomic E-state index is 0.0948. The van der Waals surface area contributed by atoms with E-state index in [0.29, 0.717) is 24.6 Å². The first-order valence-corrected chi connectivity index (χ1v) is 10.0. The van der Waals surface area contributed by atoms with Gasteiger partial charge in [-0.1, -0.05) is 11.6 Å². The molecule has 0 unspecified atom stereocenters. The van der Waals surface area contributed by atoms with Crippen molar-refractivity contribution in [2.75, 3.05) is 26.2 Å². The minimum Gasteiger partial charge on any atom is -0.484 e. The standard InChI is InChI=1S/C21H22ClFN4O3/c1-25-12-15(11-24-25)13-26-6-8-27(9-7-26)21(28)20-5-3-17(30-20)14-29-19-4-2-16(23)10-18(19)22/h2-5,10-12H,6-9,13-14H2,1H3. The average molecular weight is 433 g/mol. The van der Waals surface area contributed by atoms with Crippen molar-refractivity contribution < 1.29 is 18.3 Å². The Morgan fingerprint density at radius 1 is 1.23 bits per heavy atom. The molecular formula is C21H22ClFN4O3. The Hall–Kier alpha value is -2.84. The molecule has 0 radical (unpaired) electrons. The number of carbonyl (C=O) groups is 1. The molecule has 1 aliphatic rings. The van der Waals surface area contributed by atoms with Crippen LogP contribution in [-0.4, -0.2) is 51.7 Å². The van der Waals surface area contributed by atoms with Crippen LogP contribution in [0, 0.1) is 5.82 Å². The van der Waals surface area contributed by atoms with E-state index in [1.807, 2.05) is 19.4 Å². The van der Waals surface area contributed by atoms with Gasteiger partial charge < -0.3 is 14.1 Å². The SMILES string of the molecule is Cn1cc(CN2CCN(C(=O)c3ccc(COc4ccc(F)cc4Cl)o3)CC2)cn1. The zero-order chi connectivity index (χ0) is 21.1. The molecule has 9 heteroatoms. The maximum Gasteiger partial charge on any atom is 0.289 e. The quantitative estimate of drug-likeness (QED) is 0.597. The van der Waals surface area contributed by atoms with E-state index >= 15 is 0 Å². The number of aromatic nitrogens is 2. The number of piperazine rings is 1. The summed E-state index contributed by atoms with van der Waals surface area (Å²) in [6.07, 6.45) is 3.87. The third-order valence-electron chi connectivity index (χ3n) is 4.96. The molecule has 0 atom stereocenters. The lowest BCUT2D eigenvalue weighted by molar-refractivity contribution is 0.0594. The van der Waals surface area contributed by atoms with Crippen molar-refractivity contribution in [1.82, 2.24) is 19.6 Å². The molecule has 3 heterocycles. The van der Waals surface area contributed by atoms with Crippen LogP contribution in [0.15, 0.2) is 47.1 Å². The molecule has 2 aromatic heterocycles. The van der Waals surface area contributed by atoms with Gasteiger partial charge in [0.25, 0.3) is 5.91 Å². The number of halogens is 2. The van der Waals surface area contributed by atoms with Gasteiger partial charge in [-0.25, -0.2) is 4.39 Å². The van der Waals surface area contributed by atoms with Crippen LogP contribution in [0.3, 0.4) is 0 Å². The lowest BCUT2D eigenvalue weighted by Crippen LogP contribution is -2.48. The van der Waals surface area contributed by atoms with Gasteiger partial charge in [0.2, 0.25) is 0 Å². The van der Waals surface area contributed by atoms with Crippen LogP contribution in [0.2, 0.25) is 5.02 Å². The normalized spacial score (nSPS) is 14.8. The summed E-state index contributed by atoms with van der Waals surface area (Å²) >= 11 is 5.95. The summed E-state index contributed by atoms with van der Waals surface area (Å²) in [4.78, 5) is 16.8. The van der Waals surface area contributed by atoms with Gasteiger partial charge in [0.1, 0.15) is 23.9 Å². The second-order valence-electron chi connectivity index (χ2n) is 7.22. The highest BCUT2D eigenvalue weighted by atomic mass is 35.5. The zero-order valence-electron chi connectivity index (χ0n) is 16.6. The second kappa shape index (κ2) is 8.89. The van der Waals surface area contributed by atoms with E-state index in [0.717, 1.165) is 25.2 Å². The zero-order valence-corrected chi connectivity index (χ0v) is 17.3. The lowest BCUT2D eigenvalue weighted by atomic mass is 10.2. The van der Waals surface area contributed by atoms with Gasteiger partial charge in [0.15, 0.2) is 5.76 Å². The first-order valence-electron chi connectivity index (χ1n) is 9.63. The highest BCUT2D eigenvalue weighted by Gasteiger charge is 2.24. The molecule has 158 valence electrons. The van der Waals surface area contributed by atoms with Crippen molar-refractivity contribution in [3.8, 4) is 5.75 Å². The molecule has 1 saturated heterocycles. The predicted molar refractivity (Wildman–Crippen MR) is 109 cm³/mol. The summed E-state index contributed by atoms with van der Waals surface area (Å²) in [6.45, 7) is 3.77. The van der Waals surface area contributed by atoms with Crippen molar-refractivity contribution in [2.24, 2.45) is 7.05 Å². The summed E-state index contributed by atoms with van der Waals surface area (Å²) < 4.78 is 26.1. The third kappa shape index (κ3) is 4.83. The van der Waals surface area contributed by atoms with Crippen molar-refractivity contribution in [3.05, 3.63) is 70.6 Å². The summed E-state index contributed by atoms with van der Waals surface area (Å²) in [5.41, 5.74) is 1.16.